The van der Waals surface area contributed by atoms with Gasteiger partial charge in [-0.25, -0.2) is 17.1 Å². The maximum absolute atomic E-state index is 12.1. The van der Waals surface area contributed by atoms with Crippen molar-refractivity contribution >= 4 is 15.0 Å². The first-order chi connectivity index (χ1) is 12.8. The molecule has 0 radical (unpaired) electrons. The third-order valence-corrected chi connectivity index (χ3v) is 5.73. The summed E-state index contributed by atoms with van der Waals surface area (Å²) in [5, 5.41) is 0. The molecule has 1 unspecified atom stereocenters. The fraction of sp³-hybridized carbons (Fsp3) is 0.857. The van der Waals surface area contributed by atoms with Gasteiger partial charge in [0.1, 0.15) is 0 Å². The van der Waals surface area contributed by atoms with Crippen molar-refractivity contribution in [1.82, 2.24) is 0 Å². The van der Waals surface area contributed by atoms with Gasteiger partial charge in [-0.2, -0.15) is 0 Å². The molecule has 160 valence electrons. The summed E-state index contributed by atoms with van der Waals surface area (Å²) in [6.07, 6.45) is 17.5. The maximum Gasteiger partial charge on any atom is 0.616 e. The molecule has 0 bridgehead atoms. The van der Waals surface area contributed by atoms with Gasteiger partial charge in [-0.15, -0.1) is 0 Å². The highest BCUT2D eigenvalue weighted by atomic mass is 28.5. The lowest BCUT2D eigenvalue weighted by Gasteiger charge is -2.11. The van der Waals surface area contributed by atoms with Crippen molar-refractivity contribution in [3.05, 3.63) is 12.7 Å². The summed E-state index contributed by atoms with van der Waals surface area (Å²) < 4.78 is 41.5. The van der Waals surface area contributed by atoms with Crippen LogP contribution in [0.3, 0.4) is 0 Å². The first-order valence-corrected chi connectivity index (χ1v) is 12.6. The van der Waals surface area contributed by atoms with E-state index in [2.05, 4.69) is 6.58 Å². The Balaban J connectivity index is 3.17. The molecule has 0 N–H and O–H groups in total. The first-order valence-electron chi connectivity index (χ1n) is 10.7. The Bertz CT molecular complexity index is 373. The topological polar surface area (TPSA) is 26.3 Å². The Morgan fingerprint density at radius 2 is 1.19 bits per heavy atom. The monoisotopic (exact) mass is 408 g/mol. The summed E-state index contributed by atoms with van der Waals surface area (Å²) in [7, 11) is -5.30. The molecule has 0 aliphatic rings. The van der Waals surface area contributed by atoms with Gasteiger partial charge in [0, 0.05) is 12.1 Å². The van der Waals surface area contributed by atoms with Gasteiger partial charge in [0.05, 0.1) is 6.10 Å². The molecular formula is C21H39F3O2Si. The largest absolute Gasteiger partial charge is 0.616 e. The molecule has 0 aromatic heterocycles. The Morgan fingerprint density at radius 1 is 0.815 bits per heavy atom. The van der Waals surface area contributed by atoms with Crippen molar-refractivity contribution in [2.24, 2.45) is 0 Å². The summed E-state index contributed by atoms with van der Waals surface area (Å²) in [4.78, 5) is 11.0. The molecule has 0 aliphatic carbocycles. The molecule has 0 aliphatic heterocycles. The quantitative estimate of drug-likeness (QED) is 0.0716. The second-order valence-electron chi connectivity index (χ2n) is 7.56. The molecule has 6 heteroatoms. The van der Waals surface area contributed by atoms with E-state index in [1.54, 1.807) is 0 Å². The van der Waals surface area contributed by atoms with Gasteiger partial charge in [0.15, 0.2) is 0 Å². The minimum Gasteiger partial charge on any atom is -0.460 e. The van der Waals surface area contributed by atoms with Crippen molar-refractivity contribution in [2.75, 3.05) is 0 Å². The zero-order chi connectivity index (χ0) is 20.4. The van der Waals surface area contributed by atoms with Crippen LogP contribution in [0.25, 0.3) is 0 Å². The molecule has 0 rings (SSSR count). The summed E-state index contributed by atoms with van der Waals surface area (Å²) in [5.74, 6) is -0.342. The zero-order valence-corrected chi connectivity index (χ0v) is 18.1. The van der Waals surface area contributed by atoms with Crippen LogP contribution in [0.15, 0.2) is 12.7 Å². The fourth-order valence-electron chi connectivity index (χ4n) is 3.18. The molecule has 0 aromatic carbocycles. The van der Waals surface area contributed by atoms with Crippen LogP contribution in [-0.4, -0.2) is 21.1 Å². The predicted octanol–water partition coefficient (Wildman–Crippen LogP) is 7.80. The number of esters is 1. The number of halogens is 3. The zero-order valence-electron chi connectivity index (χ0n) is 17.1. The minimum absolute atomic E-state index is 0.0259. The second-order valence-corrected chi connectivity index (χ2v) is 9.29. The molecule has 2 nitrogen and oxygen atoms in total. The Morgan fingerprint density at radius 3 is 1.56 bits per heavy atom. The third kappa shape index (κ3) is 21.4. The van der Waals surface area contributed by atoms with E-state index >= 15 is 0 Å². The highest BCUT2D eigenvalue weighted by molar-refractivity contribution is 6.58. The van der Waals surface area contributed by atoms with Crippen molar-refractivity contribution in [2.45, 2.75) is 115 Å². The summed E-state index contributed by atoms with van der Waals surface area (Å²) in [5.41, 5.74) is 0. The van der Waals surface area contributed by atoms with E-state index in [4.69, 9.17) is 4.74 Å². The van der Waals surface area contributed by atoms with Crippen LogP contribution in [-0.2, 0) is 9.53 Å². The van der Waals surface area contributed by atoms with Crippen LogP contribution >= 0.6 is 0 Å². The number of rotatable bonds is 19. The van der Waals surface area contributed by atoms with Crippen LogP contribution in [0.5, 0.6) is 0 Å². The smallest absolute Gasteiger partial charge is 0.460 e. The van der Waals surface area contributed by atoms with Gasteiger partial charge >= 0.3 is 15.0 Å². The molecule has 0 aromatic rings. The van der Waals surface area contributed by atoms with Gasteiger partial charge in [-0.1, -0.05) is 83.6 Å². The molecule has 27 heavy (non-hydrogen) atoms. The molecule has 0 spiro atoms. The number of unbranched alkanes of at least 4 members (excludes halogenated alkanes) is 13. The average molecular weight is 409 g/mol. The van der Waals surface area contributed by atoms with Crippen molar-refractivity contribution < 1.29 is 21.9 Å². The van der Waals surface area contributed by atoms with Crippen molar-refractivity contribution in [3.8, 4) is 0 Å². The number of hydrogen-bond donors (Lipinski definition) is 0. The van der Waals surface area contributed by atoms with E-state index in [-0.39, 0.29) is 12.1 Å². The average Bonchev–Trinajstić information content (AvgIpc) is 2.60. The van der Waals surface area contributed by atoms with E-state index in [1.807, 2.05) is 6.92 Å². The van der Waals surface area contributed by atoms with Gasteiger partial charge in [0.25, 0.3) is 0 Å². The molecule has 0 heterocycles. The molecule has 0 fully saturated rings. The van der Waals surface area contributed by atoms with Crippen molar-refractivity contribution in [1.29, 1.82) is 0 Å². The first kappa shape index (κ1) is 26.2. The third-order valence-electron chi connectivity index (χ3n) is 4.80. The van der Waals surface area contributed by atoms with Crippen molar-refractivity contribution in [3.63, 3.8) is 0 Å². The predicted molar refractivity (Wildman–Crippen MR) is 109 cm³/mol. The molecule has 0 amide bonds. The lowest BCUT2D eigenvalue weighted by Crippen LogP contribution is -2.13. The fourth-order valence-corrected chi connectivity index (χ4v) is 3.83. The van der Waals surface area contributed by atoms with E-state index in [0.717, 1.165) is 38.5 Å². The summed E-state index contributed by atoms with van der Waals surface area (Å²) in [6, 6.07) is -0.491. The van der Waals surface area contributed by atoms with Crippen LogP contribution in [0.1, 0.15) is 103 Å². The molecule has 0 saturated heterocycles. The lowest BCUT2D eigenvalue weighted by molar-refractivity contribution is -0.142. The van der Waals surface area contributed by atoms with Gasteiger partial charge < -0.3 is 4.74 Å². The van der Waals surface area contributed by atoms with Crippen LogP contribution in [0, 0.1) is 0 Å². The van der Waals surface area contributed by atoms with E-state index < -0.39 is 15.1 Å². The van der Waals surface area contributed by atoms with E-state index in [1.165, 1.54) is 57.4 Å². The second kappa shape index (κ2) is 17.3. The summed E-state index contributed by atoms with van der Waals surface area (Å²) in [6.45, 7) is 5.31. The maximum atomic E-state index is 12.1. The molecule has 1 atom stereocenters. The van der Waals surface area contributed by atoms with Gasteiger partial charge in [0.2, 0.25) is 0 Å². The summed E-state index contributed by atoms with van der Waals surface area (Å²) >= 11 is 0. The van der Waals surface area contributed by atoms with Gasteiger partial charge in [-0.05, 0) is 26.2 Å². The standard InChI is InChI=1S/C21H39F3O2Si/c1-3-21(25)26-20(2)18-16-14-12-10-8-6-4-5-7-9-11-13-15-17-19-27(22,23)24/h3,20H,1,4-19H2,2H3. The Labute approximate surface area is 165 Å². The highest BCUT2D eigenvalue weighted by Gasteiger charge is 2.35. The van der Waals surface area contributed by atoms with E-state index in [0.29, 0.717) is 6.42 Å². The Kier molecular flexibility index (Phi) is 16.8. The van der Waals surface area contributed by atoms with Gasteiger partial charge in [-0.3, -0.25) is 0 Å². The molecular weight excluding hydrogens is 369 g/mol. The van der Waals surface area contributed by atoms with Crippen LogP contribution in [0.2, 0.25) is 6.04 Å². The van der Waals surface area contributed by atoms with Crippen LogP contribution in [0.4, 0.5) is 12.3 Å². The minimum atomic E-state index is -5.30. The van der Waals surface area contributed by atoms with Crippen LogP contribution < -0.4 is 0 Å². The highest BCUT2D eigenvalue weighted by Crippen LogP contribution is 2.20. The Hall–Kier alpha value is -0.783. The van der Waals surface area contributed by atoms with E-state index in [9.17, 15) is 17.1 Å². The molecule has 0 saturated carbocycles. The SMILES string of the molecule is C=CC(=O)OC(C)CCCCCCCCCCCCCCCC[Si](F)(F)F. The normalized spacial score (nSPS) is 12.7. The number of carbonyl (C=O) groups is 1. The number of ether oxygens (including phenoxy) is 1. The lowest BCUT2D eigenvalue weighted by atomic mass is 10.0. The number of hydrogen-bond acceptors (Lipinski definition) is 2. The number of carbonyl (C=O) groups excluding carboxylic acids is 1.